The van der Waals surface area contributed by atoms with Crippen LogP contribution in [0.2, 0.25) is 0 Å². The van der Waals surface area contributed by atoms with Crippen LogP contribution in [-0.2, 0) is 0 Å². The Bertz CT molecular complexity index is 1020. The first-order valence-electron chi connectivity index (χ1n) is 13.1. The third-order valence-electron chi connectivity index (χ3n) is 8.33. The first-order valence-corrected chi connectivity index (χ1v) is 16.2. The summed E-state index contributed by atoms with van der Waals surface area (Å²) in [5.74, 6) is 3.53. The molecular weight excluding hydrogens is 458 g/mol. The first kappa shape index (κ1) is 23.2. The third kappa shape index (κ3) is 5.03. The van der Waals surface area contributed by atoms with E-state index in [1.165, 1.54) is 31.6 Å². The molecule has 35 heavy (non-hydrogen) atoms. The van der Waals surface area contributed by atoms with E-state index in [9.17, 15) is 0 Å². The Morgan fingerprint density at radius 3 is 1.00 bits per heavy atom. The maximum absolute atomic E-state index is 2.38. The molecule has 0 heterocycles. The summed E-state index contributed by atoms with van der Waals surface area (Å²) in [4.78, 5) is 0. The highest BCUT2D eigenvalue weighted by atomic mass is 31.1. The lowest BCUT2D eigenvalue weighted by Gasteiger charge is -2.36. The van der Waals surface area contributed by atoms with Crippen LogP contribution in [0.3, 0.4) is 0 Å². The van der Waals surface area contributed by atoms with Crippen molar-refractivity contribution in [3.05, 3.63) is 121 Å². The maximum atomic E-state index is 2.38. The van der Waals surface area contributed by atoms with Crippen molar-refractivity contribution in [1.82, 2.24) is 0 Å². The van der Waals surface area contributed by atoms with Gasteiger partial charge in [0.2, 0.25) is 0 Å². The van der Waals surface area contributed by atoms with Crippen molar-refractivity contribution in [2.45, 2.75) is 19.3 Å². The molecule has 4 aromatic rings. The van der Waals surface area contributed by atoms with Gasteiger partial charge in [0.05, 0.1) is 0 Å². The highest BCUT2D eigenvalue weighted by Gasteiger charge is 2.48. The molecule has 6 rings (SSSR count). The zero-order chi connectivity index (χ0) is 23.5. The molecule has 0 spiro atoms. The Labute approximate surface area is 213 Å². The minimum absolute atomic E-state index is 0.327. The number of rotatable bonds is 8. The van der Waals surface area contributed by atoms with Crippen LogP contribution < -0.4 is 21.2 Å². The predicted octanol–water partition coefficient (Wildman–Crippen LogP) is 6.91. The molecule has 0 radical (unpaired) electrons. The molecule has 0 saturated heterocycles. The lowest BCUT2D eigenvalue weighted by molar-refractivity contribution is 0.267. The summed E-state index contributed by atoms with van der Waals surface area (Å²) >= 11 is 0. The second-order valence-electron chi connectivity index (χ2n) is 10.2. The van der Waals surface area contributed by atoms with Crippen molar-refractivity contribution < 1.29 is 0 Å². The number of fused-ring (bicyclic) bond motifs is 2. The summed E-state index contributed by atoms with van der Waals surface area (Å²) in [6.07, 6.45) is 7.07. The summed E-state index contributed by atoms with van der Waals surface area (Å²) < 4.78 is 0. The van der Waals surface area contributed by atoms with Gasteiger partial charge in [0.1, 0.15) is 0 Å². The van der Waals surface area contributed by atoms with E-state index in [1.807, 2.05) is 0 Å². The zero-order valence-electron chi connectivity index (χ0n) is 20.3. The third-order valence-corrected chi connectivity index (χ3v) is 13.6. The van der Waals surface area contributed by atoms with E-state index < -0.39 is 0 Å². The Morgan fingerprint density at radius 2 is 0.714 bits per heavy atom. The number of hydrogen-bond acceptors (Lipinski definition) is 0. The van der Waals surface area contributed by atoms with Crippen molar-refractivity contribution in [2.24, 2.45) is 23.7 Å². The summed E-state index contributed by atoms with van der Waals surface area (Å²) in [7, 11) is -0.653. The molecule has 176 valence electrons. The summed E-state index contributed by atoms with van der Waals surface area (Å²) in [5.41, 5.74) is 0. The van der Waals surface area contributed by atoms with Gasteiger partial charge in [0.15, 0.2) is 0 Å². The van der Waals surface area contributed by atoms with E-state index in [4.69, 9.17) is 0 Å². The predicted molar refractivity (Wildman–Crippen MR) is 156 cm³/mol. The molecule has 4 aromatic carbocycles. The van der Waals surface area contributed by atoms with Gasteiger partial charge >= 0.3 is 0 Å². The quantitative estimate of drug-likeness (QED) is 0.234. The van der Waals surface area contributed by atoms with Crippen LogP contribution in [0.15, 0.2) is 121 Å². The molecule has 2 aliphatic carbocycles. The molecule has 2 heteroatoms. The van der Waals surface area contributed by atoms with Crippen LogP contribution in [0.5, 0.6) is 0 Å². The molecule has 0 N–H and O–H groups in total. The minimum atomic E-state index is -0.327. The molecule has 0 aliphatic heterocycles. The molecule has 0 amide bonds. The monoisotopic (exact) mass is 492 g/mol. The molecule has 2 bridgehead atoms. The Morgan fingerprint density at radius 1 is 0.429 bits per heavy atom. The van der Waals surface area contributed by atoms with Crippen molar-refractivity contribution in [3.63, 3.8) is 0 Å². The van der Waals surface area contributed by atoms with Crippen LogP contribution >= 0.6 is 15.8 Å². The van der Waals surface area contributed by atoms with Gasteiger partial charge in [-0.1, -0.05) is 121 Å². The molecule has 2 aliphatic rings. The van der Waals surface area contributed by atoms with Gasteiger partial charge in [-0.15, -0.1) is 0 Å². The average molecular weight is 493 g/mol. The van der Waals surface area contributed by atoms with Crippen molar-refractivity contribution >= 4 is 37.1 Å². The van der Waals surface area contributed by atoms with Gasteiger partial charge in [-0.3, -0.25) is 0 Å². The summed E-state index contributed by atoms with van der Waals surface area (Å²) in [6, 6.07) is 45.5. The lowest BCUT2D eigenvalue weighted by Crippen LogP contribution is -2.32. The largest absolute Gasteiger partial charge is 0.0622 e. The van der Waals surface area contributed by atoms with Gasteiger partial charge in [-0.2, -0.15) is 0 Å². The highest BCUT2D eigenvalue weighted by molar-refractivity contribution is 7.73. The van der Waals surface area contributed by atoms with Crippen molar-refractivity contribution in [3.8, 4) is 0 Å². The smallest absolute Gasteiger partial charge is 0.0195 e. The van der Waals surface area contributed by atoms with E-state index >= 15 is 0 Å². The van der Waals surface area contributed by atoms with Crippen LogP contribution in [0.1, 0.15) is 19.3 Å². The maximum Gasteiger partial charge on any atom is -0.0195 e. The van der Waals surface area contributed by atoms with E-state index in [1.54, 1.807) is 21.2 Å². The average Bonchev–Trinajstić information content (AvgIpc) is 3.54. The Hall–Kier alpha value is -2.26. The normalized spacial score (nSPS) is 23.3. The Kier molecular flexibility index (Phi) is 7.13. The van der Waals surface area contributed by atoms with E-state index in [2.05, 4.69) is 121 Å². The van der Waals surface area contributed by atoms with E-state index in [0.717, 1.165) is 23.7 Å². The minimum Gasteiger partial charge on any atom is -0.0622 e. The summed E-state index contributed by atoms with van der Waals surface area (Å²) in [6.45, 7) is 0. The molecule has 0 unspecified atom stereocenters. The van der Waals surface area contributed by atoms with Crippen LogP contribution in [0, 0.1) is 23.7 Å². The SMILES string of the molecule is c1ccc(P(C[C@@H]2[C@@H]3CC[C@@H](C3)[C@@H]2CP(c2ccccc2)c2ccccc2)c2ccccc2)cc1. The molecular formula is C33H34P2. The van der Waals surface area contributed by atoms with Gasteiger partial charge in [0.25, 0.3) is 0 Å². The fourth-order valence-corrected chi connectivity index (χ4v) is 12.2. The second kappa shape index (κ2) is 10.8. The standard InChI is InChI=1S/C33H34P2/c1-5-13-28(14-6-1)34(29-15-7-2-8-16-29)24-32-26-21-22-27(23-26)33(32)25-35(30-17-9-3-10-18-30)31-19-11-4-12-20-31/h1-20,26-27,32-33H,21-25H2/t26-,27+,32-,33+. The van der Waals surface area contributed by atoms with E-state index in [0.29, 0.717) is 0 Å². The van der Waals surface area contributed by atoms with Crippen LogP contribution in [-0.4, -0.2) is 12.3 Å². The highest BCUT2D eigenvalue weighted by Crippen LogP contribution is 2.58. The first-order chi connectivity index (χ1) is 17.4. The topological polar surface area (TPSA) is 0 Å². The number of benzene rings is 4. The zero-order valence-corrected chi connectivity index (χ0v) is 22.1. The fraction of sp³-hybridized carbons (Fsp3) is 0.273. The van der Waals surface area contributed by atoms with Gasteiger partial charge < -0.3 is 0 Å². The van der Waals surface area contributed by atoms with Crippen molar-refractivity contribution in [2.75, 3.05) is 12.3 Å². The fourth-order valence-electron chi connectivity index (χ4n) is 6.67. The molecule has 2 saturated carbocycles. The molecule has 4 atom stereocenters. The van der Waals surface area contributed by atoms with Crippen LogP contribution in [0.25, 0.3) is 0 Å². The van der Waals surface area contributed by atoms with E-state index in [-0.39, 0.29) is 15.8 Å². The van der Waals surface area contributed by atoms with Gasteiger partial charge in [-0.05, 0) is 92.3 Å². The Balaban J connectivity index is 1.33. The van der Waals surface area contributed by atoms with Gasteiger partial charge in [-0.25, -0.2) is 0 Å². The van der Waals surface area contributed by atoms with Gasteiger partial charge in [0, 0.05) is 0 Å². The molecule has 2 fully saturated rings. The molecule has 0 nitrogen and oxygen atoms in total. The number of hydrogen-bond donors (Lipinski definition) is 0. The van der Waals surface area contributed by atoms with Crippen LogP contribution in [0.4, 0.5) is 0 Å². The lowest BCUT2D eigenvalue weighted by atomic mass is 9.81. The molecule has 0 aromatic heterocycles. The summed E-state index contributed by atoms with van der Waals surface area (Å²) in [5, 5.41) is 6.18. The second-order valence-corrected chi connectivity index (χ2v) is 14.7. The van der Waals surface area contributed by atoms with Crippen molar-refractivity contribution in [1.29, 1.82) is 0 Å².